The van der Waals surface area contributed by atoms with Crippen molar-refractivity contribution in [2.75, 3.05) is 26.9 Å². The van der Waals surface area contributed by atoms with Crippen molar-refractivity contribution in [2.45, 2.75) is 19.9 Å². The van der Waals surface area contributed by atoms with Gasteiger partial charge in [0, 0.05) is 71.8 Å². The molecule has 4 aromatic rings. The lowest BCUT2D eigenvalue weighted by molar-refractivity contribution is 0.0822. The minimum absolute atomic E-state index is 0.00665. The number of pyridine rings is 2. The number of carbonyl (C=O) groups is 1. The molecule has 1 unspecified atom stereocenters. The lowest BCUT2D eigenvalue weighted by Crippen LogP contribution is -2.22. The van der Waals surface area contributed by atoms with Gasteiger partial charge in [-0.05, 0) is 31.5 Å². The number of methoxy groups -OCH3 is 1. The molecular formula is C28H29ClN8O3. The summed E-state index contributed by atoms with van der Waals surface area (Å²) in [6, 6.07) is 4.75. The number of aromatic nitrogens is 4. The molecule has 11 nitrogen and oxygen atoms in total. The van der Waals surface area contributed by atoms with Gasteiger partial charge in [-0.3, -0.25) is 14.6 Å². The fraction of sp³-hybridized carbons (Fsp3) is 0.214. The summed E-state index contributed by atoms with van der Waals surface area (Å²) in [5.41, 5.74) is 15.2. The fourth-order valence-corrected chi connectivity index (χ4v) is 4.79. The molecular weight excluding hydrogens is 532 g/mol. The summed E-state index contributed by atoms with van der Waals surface area (Å²) in [7, 11) is 4.88. The first-order valence-electron chi connectivity index (χ1n) is 12.2. The van der Waals surface area contributed by atoms with Crippen molar-refractivity contribution in [1.82, 2.24) is 24.4 Å². The number of carbonyl (C=O) groups excluding carboxylic acids is 1. The molecule has 5 N–H and O–H groups in total. The van der Waals surface area contributed by atoms with Gasteiger partial charge in [0.15, 0.2) is 0 Å². The highest BCUT2D eigenvalue weighted by atomic mass is 35.5. The molecule has 0 fully saturated rings. The fourth-order valence-electron chi connectivity index (χ4n) is 4.58. The van der Waals surface area contributed by atoms with E-state index in [1.165, 1.54) is 17.4 Å². The van der Waals surface area contributed by atoms with Gasteiger partial charge in [0.2, 0.25) is 5.43 Å². The lowest BCUT2D eigenvalue weighted by Gasteiger charge is -2.25. The van der Waals surface area contributed by atoms with Crippen LogP contribution in [0.4, 0.5) is 5.82 Å². The summed E-state index contributed by atoms with van der Waals surface area (Å²) in [5, 5.41) is 8.34. The monoisotopic (exact) mass is 560 g/mol. The number of nitrogens with one attached hydrogen (secondary N) is 1. The summed E-state index contributed by atoms with van der Waals surface area (Å²) in [4.78, 5) is 39.9. The molecule has 3 heterocycles. The molecule has 0 spiro atoms. The number of amides is 1. The number of nitrogens with zero attached hydrogens (tertiary/aromatic N) is 5. The van der Waals surface area contributed by atoms with Crippen molar-refractivity contribution in [3.05, 3.63) is 80.8 Å². The van der Waals surface area contributed by atoms with Crippen LogP contribution in [0.1, 0.15) is 40.1 Å². The van der Waals surface area contributed by atoms with Gasteiger partial charge in [-0.15, -0.1) is 0 Å². The summed E-state index contributed by atoms with van der Waals surface area (Å²) in [5.74, 6) is 0.320. The number of anilines is 1. The van der Waals surface area contributed by atoms with E-state index in [1.54, 1.807) is 56.4 Å². The van der Waals surface area contributed by atoms with Crippen LogP contribution in [-0.2, 0) is 0 Å². The van der Waals surface area contributed by atoms with E-state index < -0.39 is 11.5 Å². The molecule has 3 aromatic heterocycles. The number of hydrogen-bond donors (Lipinski definition) is 3. The maximum atomic E-state index is 13.3. The van der Waals surface area contributed by atoms with Crippen molar-refractivity contribution >= 4 is 46.1 Å². The Bertz CT molecular complexity index is 1730. The Morgan fingerprint density at radius 3 is 2.55 bits per heavy atom. The topological polar surface area (TPSA) is 166 Å². The van der Waals surface area contributed by atoms with E-state index in [-0.39, 0.29) is 28.2 Å². The van der Waals surface area contributed by atoms with E-state index in [9.17, 15) is 9.59 Å². The molecule has 206 valence electrons. The van der Waals surface area contributed by atoms with Crippen LogP contribution in [0, 0.1) is 12.3 Å². The van der Waals surface area contributed by atoms with Crippen LogP contribution >= 0.6 is 11.6 Å². The highest BCUT2D eigenvalue weighted by molar-refractivity contribution is 6.32. The van der Waals surface area contributed by atoms with Gasteiger partial charge in [0.25, 0.3) is 5.91 Å². The van der Waals surface area contributed by atoms with Crippen LogP contribution in [0.15, 0.2) is 47.9 Å². The molecule has 0 radical (unpaired) electrons. The van der Waals surface area contributed by atoms with Gasteiger partial charge in [-0.1, -0.05) is 17.7 Å². The normalized spacial score (nSPS) is 12.3. The highest BCUT2D eigenvalue weighted by Crippen LogP contribution is 2.43. The molecule has 1 atom stereocenters. The molecule has 0 aliphatic carbocycles. The standard InChI is InChI=1S/C28H29ClN8O3/c1-14-20(29)8-18(25(40-5)22(14)16-6-7-21(33-11-16)28(39)36(3)4)15(2)37-12-19(17(9-30)10-31)24(38)23-26(32)34-13-35-27(23)37/h6-13,15,30H,31H2,1-5H3,(H2,32,34,35)/b17-10+,30-9?. The van der Waals surface area contributed by atoms with Crippen molar-refractivity contribution in [1.29, 1.82) is 5.41 Å². The quantitative estimate of drug-likeness (QED) is 0.288. The van der Waals surface area contributed by atoms with Gasteiger partial charge < -0.3 is 31.1 Å². The van der Waals surface area contributed by atoms with Gasteiger partial charge >= 0.3 is 0 Å². The van der Waals surface area contributed by atoms with Crippen LogP contribution in [-0.4, -0.2) is 57.7 Å². The number of halogens is 1. The van der Waals surface area contributed by atoms with Crippen molar-refractivity contribution in [2.24, 2.45) is 5.73 Å². The first kappa shape index (κ1) is 28.2. The zero-order chi connectivity index (χ0) is 29.3. The van der Waals surface area contributed by atoms with Gasteiger partial charge in [0.05, 0.1) is 13.2 Å². The zero-order valence-corrected chi connectivity index (χ0v) is 23.4. The second-order valence-corrected chi connectivity index (χ2v) is 9.70. The average Bonchev–Trinajstić information content (AvgIpc) is 2.95. The predicted molar refractivity (Wildman–Crippen MR) is 157 cm³/mol. The Labute approximate surface area is 235 Å². The summed E-state index contributed by atoms with van der Waals surface area (Å²) >= 11 is 6.75. The largest absolute Gasteiger partial charge is 0.496 e. The minimum Gasteiger partial charge on any atom is -0.496 e. The summed E-state index contributed by atoms with van der Waals surface area (Å²) in [6.45, 7) is 3.77. The number of rotatable bonds is 7. The first-order valence-corrected chi connectivity index (χ1v) is 12.6. The van der Waals surface area contributed by atoms with E-state index in [0.717, 1.165) is 11.8 Å². The zero-order valence-electron chi connectivity index (χ0n) is 22.7. The third-order valence-electron chi connectivity index (χ3n) is 6.74. The Hall–Kier alpha value is -4.77. The van der Waals surface area contributed by atoms with Gasteiger partial charge in [0.1, 0.15) is 34.6 Å². The van der Waals surface area contributed by atoms with Gasteiger partial charge in [-0.2, -0.15) is 0 Å². The second-order valence-electron chi connectivity index (χ2n) is 9.29. The van der Waals surface area contributed by atoms with E-state index in [2.05, 4.69) is 15.0 Å². The Balaban J connectivity index is 1.99. The average molecular weight is 561 g/mol. The smallest absolute Gasteiger partial charge is 0.271 e. The van der Waals surface area contributed by atoms with E-state index in [4.69, 9.17) is 33.2 Å². The highest BCUT2D eigenvalue weighted by Gasteiger charge is 2.25. The molecule has 0 bridgehead atoms. The van der Waals surface area contributed by atoms with E-state index in [0.29, 0.717) is 38.8 Å². The third kappa shape index (κ3) is 4.75. The maximum absolute atomic E-state index is 13.3. The molecule has 0 aliphatic heterocycles. The van der Waals surface area contributed by atoms with Crippen LogP contribution in [0.2, 0.25) is 5.02 Å². The van der Waals surface area contributed by atoms with Crippen molar-refractivity contribution in [3.8, 4) is 16.9 Å². The number of ether oxygens (including phenoxy) is 1. The van der Waals surface area contributed by atoms with Crippen LogP contribution in [0.25, 0.3) is 27.7 Å². The number of nitrogens with two attached hydrogens (primary N) is 2. The lowest BCUT2D eigenvalue weighted by atomic mass is 9.94. The molecule has 1 aromatic carbocycles. The number of benzene rings is 1. The number of hydrogen-bond acceptors (Lipinski definition) is 9. The number of nitrogen functional groups attached to an aromatic ring is 1. The molecule has 1 amide bonds. The third-order valence-corrected chi connectivity index (χ3v) is 7.13. The molecule has 4 rings (SSSR count). The van der Waals surface area contributed by atoms with Crippen LogP contribution in [0.3, 0.4) is 0 Å². The van der Waals surface area contributed by atoms with Crippen molar-refractivity contribution < 1.29 is 9.53 Å². The maximum Gasteiger partial charge on any atom is 0.271 e. The Morgan fingerprint density at radius 1 is 1.25 bits per heavy atom. The minimum atomic E-state index is -0.491. The molecule has 0 saturated carbocycles. The second kappa shape index (κ2) is 11.1. The molecule has 0 saturated heterocycles. The Kier molecular flexibility index (Phi) is 7.87. The molecule has 0 aliphatic rings. The SMILES string of the molecule is COc1c(C(C)n2cc(/C(C=N)=C/N)c(=O)c3c(N)ncnc32)cc(Cl)c(C)c1-c1ccc(C(=O)N(C)C)nc1. The van der Waals surface area contributed by atoms with Crippen LogP contribution < -0.4 is 21.6 Å². The Morgan fingerprint density at radius 2 is 1.98 bits per heavy atom. The van der Waals surface area contributed by atoms with Gasteiger partial charge in [-0.25, -0.2) is 9.97 Å². The molecule has 12 heteroatoms. The number of allylic oxidation sites excluding steroid dienone is 1. The number of fused-ring (bicyclic) bond motifs is 1. The predicted octanol–water partition coefficient (Wildman–Crippen LogP) is 3.67. The first-order chi connectivity index (χ1) is 19.0. The summed E-state index contributed by atoms with van der Waals surface area (Å²) in [6.07, 6.45) is 6.65. The molecule has 40 heavy (non-hydrogen) atoms. The van der Waals surface area contributed by atoms with E-state index >= 15 is 0 Å². The summed E-state index contributed by atoms with van der Waals surface area (Å²) < 4.78 is 7.69. The van der Waals surface area contributed by atoms with Crippen LogP contribution in [0.5, 0.6) is 5.75 Å². The van der Waals surface area contributed by atoms with E-state index in [1.807, 2.05) is 13.8 Å². The van der Waals surface area contributed by atoms with Crippen molar-refractivity contribution in [3.63, 3.8) is 0 Å².